The van der Waals surface area contributed by atoms with Crippen LogP contribution < -0.4 is 5.32 Å². The zero-order chi connectivity index (χ0) is 48.2. The van der Waals surface area contributed by atoms with Crippen LogP contribution in [0.15, 0.2) is 36.5 Å². The van der Waals surface area contributed by atoms with Crippen LogP contribution in [0.25, 0.3) is 0 Å². The van der Waals surface area contributed by atoms with Crippen molar-refractivity contribution in [3.63, 3.8) is 0 Å². The van der Waals surface area contributed by atoms with Crippen LogP contribution in [0.4, 0.5) is 0 Å². The third kappa shape index (κ3) is 25.7. The van der Waals surface area contributed by atoms with Crippen LogP contribution in [0.1, 0.15) is 194 Å². The largest absolute Gasteiger partial charge is 0.394 e. The molecule has 0 bridgehead atoms. The van der Waals surface area contributed by atoms with E-state index in [0.29, 0.717) is 19.3 Å². The second-order valence-corrected chi connectivity index (χ2v) is 18.7. The van der Waals surface area contributed by atoms with E-state index in [-0.39, 0.29) is 12.5 Å². The molecule has 0 aromatic rings. The molecule has 66 heavy (non-hydrogen) atoms. The molecule has 2 aliphatic heterocycles. The van der Waals surface area contributed by atoms with Gasteiger partial charge in [0, 0.05) is 6.42 Å². The van der Waals surface area contributed by atoms with E-state index in [1.54, 1.807) is 0 Å². The molecule has 2 aliphatic rings. The molecule has 14 nitrogen and oxygen atoms in total. The highest BCUT2D eigenvalue weighted by Crippen LogP contribution is 2.30. The normalized spacial score (nSPS) is 27.1. The number of amides is 1. The summed E-state index contributed by atoms with van der Waals surface area (Å²) in [5.74, 6) is -0.218. The Morgan fingerprint density at radius 2 is 1.00 bits per heavy atom. The van der Waals surface area contributed by atoms with E-state index < -0.39 is 86.8 Å². The summed E-state index contributed by atoms with van der Waals surface area (Å²) in [7, 11) is 0. The molecule has 12 unspecified atom stereocenters. The minimum absolute atomic E-state index is 0.218. The first-order valence-electron chi connectivity index (χ1n) is 26.2. The Kier molecular flexibility index (Phi) is 35.6. The fourth-order valence-corrected chi connectivity index (χ4v) is 8.54. The number of rotatable bonds is 40. The lowest BCUT2D eigenvalue weighted by Gasteiger charge is -2.46. The number of allylic oxidation sites excluding steroid dienone is 6. The molecule has 0 aromatic heterocycles. The quantitative estimate of drug-likeness (QED) is 0.0221. The zero-order valence-electron chi connectivity index (χ0n) is 40.9. The Balaban J connectivity index is 1.75. The third-order valence-electron chi connectivity index (χ3n) is 12.9. The van der Waals surface area contributed by atoms with Crippen molar-refractivity contribution in [1.29, 1.82) is 0 Å². The SMILES string of the molecule is CCCCCCC/C=C\C/C=C\C/C=C\CCCCCCCCCCC(=O)NC(COC1OC(CO)C(OC2OC(CO)C(O)C(O)C2O)C(O)C1O)C(O)CCCCCCCCCCC. The molecule has 2 heterocycles. The summed E-state index contributed by atoms with van der Waals surface area (Å²) in [4.78, 5) is 13.2. The minimum atomic E-state index is -1.78. The van der Waals surface area contributed by atoms with Gasteiger partial charge in [-0.3, -0.25) is 4.79 Å². The second kappa shape index (κ2) is 39.0. The Bertz CT molecular complexity index is 1250. The summed E-state index contributed by atoms with van der Waals surface area (Å²) in [5.41, 5.74) is 0. The summed E-state index contributed by atoms with van der Waals surface area (Å²) >= 11 is 0. The second-order valence-electron chi connectivity index (χ2n) is 18.7. The van der Waals surface area contributed by atoms with Crippen molar-refractivity contribution in [2.24, 2.45) is 0 Å². The predicted octanol–water partition coefficient (Wildman–Crippen LogP) is 7.10. The van der Waals surface area contributed by atoms with Gasteiger partial charge in [0.2, 0.25) is 5.91 Å². The number of hydrogen-bond donors (Lipinski definition) is 9. The standard InChI is InChI=1S/C52H95NO13/c1-3-5-7-9-11-13-14-15-16-17-18-19-20-21-22-23-24-25-26-28-30-32-34-36-44(57)53-40(41(56)35-33-31-29-27-12-10-8-6-4-2)39-63-51-49(62)47(60)50(43(38-55)65-51)66-52-48(61)46(59)45(58)42(37-54)64-52/h14-15,17-18,20-21,40-43,45-52,54-56,58-62H,3-13,16,19,22-39H2,1-2H3,(H,53,57)/b15-14-,18-17-,21-20-. The van der Waals surface area contributed by atoms with E-state index in [4.69, 9.17) is 18.9 Å². The van der Waals surface area contributed by atoms with Crippen molar-refractivity contribution in [3.8, 4) is 0 Å². The van der Waals surface area contributed by atoms with E-state index in [2.05, 4.69) is 55.6 Å². The number of nitrogens with one attached hydrogen (secondary N) is 1. The van der Waals surface area contributed by atoms with Crippen LogP contribution in [0.3, 0.4) is 0 Å². The van der Waals surface area contributed by atoms with Crippen molar-refractivity contribution >= 4 is 5.91 Å². The Hall–Kier alpha value is -1.79. The molecule has 9 N–H and O–H groups in total. The number of aliphatic hydroxyl groups excluding tert-OH is 8. The van der Waals surface area contributed by atoms with E-state index in [0.717, 1.165) is 64.2 Å². The first kappa shape index (κ1) is 60.3. The molecule has 0 aliphatic carbocycles. The van der Waals surface area contributed by atoms with Crippen LogP contribution in [0.2, 0.25) is 0 Å². The van der Waals surface area contributed by atoms with Crippen LogP contribution >= 0.6 is 0 Å². The van der Waals surface area contributed by atoms with Gasteiger partial charge in [-0.05, 0) is 51.4 Å². The molecule has 0 aromatic carbocycles. The third-order valence-corrected chi connectivity index (χ3v) is 12.9. The molecular formula is C52H95NO13. The Morgan fingerprint density at radius 1 is 0.545 bits per heavy atom. The van der Waals surface area contributed by atoms with Gasteiger partial charge >= 0.3 is 0 Å². The smallest absolute Gasteiger partial charge is 0.220 e. The lowest BCUT2D eigenvalue weighted by molar-refractivity contribution is -0.359. The Morgan fingerprint density at radius 3 is 1.53 bits per heavy atom. The molecule has 2 rings (SSSR count). The molecule has 1 amide bonds. The Labute approximate surface area is 398 Å². The van der Waals surface area contributed by atoms with Gasteiger partial charge in [-0.1, -0.05) is 172 Å². The molecular weight excluding hydrogens is 847 g/mol. The molecule has 14 heteroatoms. The minimum Gasteiger partial charge on any atom is -0.394 e. The van der Waals surface area contributed by atoms with E-state index in [1.807, 2.05) is 0 Å². The van der Waals surface area contributed by atoms with Gasteiger partial charge in [0.1, 0.15) is 48.8 Å². The van der Waals surface area contributed by atoms with Gasteiger partial charge in [0.25, 0.3) is 0 Å². The van der Waals surface area contributed by atoms with Crippen molar-refractivity contribution < 1.29 is 64.6 Å². The highest BCUT2D eigenvalue weighted by atomic mass is 16.7. The van der Waals surface area contributed by atoms with Gasteiger partial charge in [-0.25, -0.2) is 0 Å². The van der Waals surface area contributed by atoms with Crippen LogP contribution in [-0.2, 0) is 23.7 Å². The topological polar surface area (TPSA) is 228 Å². The van der Waals surface area contributed by atoms with Crippen LogP contribution in [-0.4, -0.2) is 140 Å². The molecule has 386 valence electrons. The highest BCUT2D eigenvalue weighted by molar-refractivity contribution is 5.76. The maximum absolute atomic E-state index is 13.2. The van der Waals surface area contributed by atoms with Crippen molar-refractivity contribution in [2.45, 2.75) is 267 Å². The van der Waals surface area contributed by atoms with E-state index in [9.17, 15) is 45.6 Å². The number of ether oxygens (including phenoxy) is 4. The number of carbonyl (C=O) groups is 1. The number of carbonyl (C=O) groups excluding carboxylic acids is 1. The van der Waals surface area contributed by atoms with Crippen LogP contribution in [0, 0.1) is 0 Å². The highest BCUT2D eigenvalue weighted by Gasteiger charge is 2.51. The van der Waals surface area contributed by atoms with Crippen molar-refractivity contribution in [3.05, 3.63) is 36.5 Å². The van der Waals surface area contributed by atoms with Crippen LogP contribution in [0.5, 0.6) is 0 Å². The maximum Gasteiger partial charge on any atom is 0.220 e. The molecule has 2 fully saturated rings. The fourth-order valence-electron chi connectivity index (χ4n) is 8.54. The average molecular weight is 942 g/mol. The van der Waals surface area contributed by atoms with E-state index in [1.165, 1.54) is 96.3 Å². The van der Waals surface area contributed by atoms with Crippen molar-refractivity contribution in [1.82, 2.24) is 5.32 Å². The molecule has 0 spiro atoms. The van der Waals surface area contributed by atoms with Crippen molar-refractivity contribution in [2.75, 3.05) is 19.8 Å². The summed E-state index contributed by atoms with van der Waals surface area (Å²) in [6, 6.07) is -0.830. The monoisotopic (exact) mass is 942 g/mol. The molecule has 12 atom stereocenters. The molecule has 2 saturated heterocycles. The summed E-state index contributed by atoms with van der Waals surface area (Å²) < 4.78 is 22.7. The number of aliphatic hydroxyl groups is 8. The maximum atomic E-state index is 13.2. The van der Waals surface area contributed by atoms with Gasteiger partial charge in [-0.15, -0.1) is 0 Å². The first-order valence-corrected chi connectivity index (χ1v) is 26.2. The summed E-state index contributed by atoms with van der Waals surface area (Å²) in [6.07, 6.45) is 27.3. The average Bonchev–Trinajstić information content (AvgIpc) is 3.31. The fraction of sp³-hybridized carbons (Fsp3) is 0.865. The zero-order valence-corrected chi connectivity index (χ0v) is 40.9. The summed E-state index contributed by atoms with van der Waals surface area (Å²) in [5, 5.41) is 86.7. The van der Waals surface area contributed by atoms with Gasteiger partial charge in [0.15, 0.2) is 12.6 Å². The molecule has 0 radical (unpaired) electrons. The van der Waals surface area contributed by atoms with Gasteiger partial charge in [0.05, 0.1) is 32.0 Å². The van der Waals surface area contributed by atoms with Gasteiger partial charge in [-0.2, -0.15) is 0 Å². The van der Waals surface area contributed by atoms with Gasteiger partial charge < -0.3 is 65.1 Å². The first-order chi connectivity index (χ1) is 32.1. The van der Waals surface area contributed by atoms with E-state index >= 15 is 0 Å². The predicted molar refractivity (Wildman–Crippen MR) is 258 cm³/mol. The number of unbranched alkanes of at least 4 members (excludes halogenated alkanes) is 21. The lowest BCUT2D eigenvalue weighted by atomic mass is 9.97. The number of hydrogen-bond acceptors (Lipinski definition) is 13. The molecule has 0 saturated carbocycles. The lowest BCUT2D eigenvalue weighted by Crippen LogP contribution is -2.65. The summed E-state index contributed by atoms with van der Waals surface area (Å²) in [6.45, 7) is 2.80.